The average Bonchev–Trinajstić information content (AvgIpc) is 2.36. The third kappa shape index (κ3) is 4.02. The van der Waals surface area contributed by atoms with Crippen LogP contribution in [-0.4, -0.2) is 20.9 Å². The van der Waals surface area contributed by atoms with Gasteiger partial charge in [-0.25, -0.2) is 10.8 Å². The maximum absolute atomic E-state index is 11.1. The number of nitrogens with one attached hydrogen (secondary N) is 2. The van der Waals surface area contributed by atoms with Crippen LogP contribution in [0.4, 0.5) is 17.5 Å². The third-order valence-electron chi connectivity index (χ3n) is 3.21. The van der Waals surface area contributed by atoms with Crippen molar-refractivity contribution < 1.29 is 4.92 Å². The zero-order valence-electron chi connectivity index (χ0n) is 12.3. The summed E-state index contributed by atoms with van der Waals surface area (Å²) in [6.07, 6.45) is 1.97. The SMILES string of the molecule is CCC(C)CC(C)Nc1nc(NN)nc(C)c1[N+](=O)[O-]. The van der Waals surface area contributed by atoms with Crippen LogP contribution in [0.5, 0.6) is 0 Å². The maximum atomic E-state index is 11.1. The maximum Gasteiger partial charge on any atom is 0.332 e. The highest BCUT2D eigenvalue weighted by Gasteiger charge is 2.23. The van der Waals surface area contributed by atoms with E-state index in [2.05, 4.69) is 34.6 Å². The quantitative estimate of drug-likeness (QED) is 0.398. The molecule has 0 bridgehead atoms. The van der Waals surface area contributed by atoms with Gasteiger partial charge in [0.15, 0.2) is 0 Å². The van der Waals surface area contributed by atoms with Crippen LogP contribution >= 0.6 is 0 Å². The number of nitrogens with two attached hydrogens (primary N) is 1. The Morgan fingerprint density at radius 2 is 2.05 bits per heavy atom. The van der Waals surface area contributed by atoms with Crippen LogP contribution in [0.1, 0.15) is 39.3 Å². The molecule has 2 unspecified atom stereocenters. The summed E-state index contributed by atoms with van der Waals surface area (Å²) in [6, 6.07) is 0.0728. The lowest BCUT2D eigenvalue weighted by molar-refractivity contribution is -0.385. The Morgan fingerprint density at radius 3 is 2.55 bits per heavy atom. The summed E-state index contributed by atoms with van der Waals surface area (Å²) in [4.78, 5) is 18.6. The molecule has 8 heteroatoms. The fourth-order valence-corrected chi connectivity index (χ4v) is 2.01. The van der Waals surface area contributed by atoms with E-state index in [1.807, 2.05) is 6.92 Å². The molecule has 0 aliphatic heterocycles. The minimum absolute atomic E-state index is 0.0728. The monoisotopic (exact) mass is 282 g/mol. The number of rotatable bonds is 7. The normalized spacial score (nSPS) is 13.7. The van der Waals surface area contributed by atoms with Gasteiger partial charge in [0.2, 0.25) is 11.8 Å². The van der Waals surface area contributed by atoms with Crippen LogP contribution in [0.3, 0.4) is 0 Å². The first kappa shape index (κ1) is 16.1. The van der Waals surface area contributed by atoms with E-state index in [9.17, 15) is 10.1 Å². The van der Waals surface area contributed by atoms with Gasteiger partial charge in [0.05, 0.1) is 4.92 Å². The molecule has 20 heavy (non-hydrogen) atoms. The van der Waals surface area contributed by atoms with E-state index < -0.39 is 4.92 Å². The summed E-state index contributed by atoms with van der Waals surface area (Å²) >= 11 is 0. The number of hydrazine groups is 1. The molecule has 4 N–H and O–H groups in total. The summed E-state index contributed by atoms with van der Waals surface area (Å²) in [7, 11) is 0. The fraction of sp³-hybridized carbons (Fsp3) is 0.667. The van der Waals surface area contributed by atoms with Gasteiger partial charge in [-0.2, -0.15) is 4.98 Å². The van der Waals surface area contributed by atoms with E-state index in [1.165, 1.54) is 0 Å². The van der Waals surface area contributed by atoms with Gasteiger partial charge < -0.3 is 5.32 Å². The molecule has 0 aliphatic rings. The Morgan fingerprint density at radius 1 is 1.40 bits per heavy atom. The van der Waals surface area contributed by atoms with Crippen LogP contribution < -0.4 is 16.6 Å². The van der Waals surface area contributed by atoms with Crippen molar-refractivity contribution in [2.45, 2.75) is 46.6 Å². The van der Waals surface area contributed by atoms with E-state index in [0.717, 1.165) is 12.8 Å². The molecule has 0 radical (unpaired) electrons. The predicted octanol–water partition coefficient (Wildman–Crippen LogP) is 2.22. The summed E-state index contributed by atoms with van der Waals surface area (Å²) < 4.78 is 0. The molecule has 1 rings (SSSR count). The Balaban J connectivity index is 3.02. The molecule has 1 heterocycles. The Bertz CT molecular complexity index is 479. The highest BCUT2D eigenvalue weighted by Crippen LogP contribution is 2.27. The lowest BCUT2D eigenvalue weighted by atomic mass is 10.0. The minimum Gasteiger partial charge on any atom is -0.362 e. The molecule has 0 fully saturated rings. The number of nitrogens with zero attached hydrogens (tertiary/aromatic N) is 3. The van der Waals surface area contributed by atoms with Crippen molar-refractivity contribution in [2.24, 2.45) is 11.8 Å². The first-order valence-corrected chi connectivity index (χ1v) is 6.65. The molecule has 0 aliphatic carbocycles. The van der Waals surface area contributed by atoms with Gasteiger partial charge in [0.25, 0.3) is 0 Å². The molecule has 0 saturated heterocycles. The highest BCUT2D eigenvalue weighted by atomic mass is 16.6. The van der Waals surface area contributed by atoms with Crippen molar-refractivity contribution in [3.63, 3.8) is 0 Å². The lowest BCUT2D eigenvalue weighted by Crippen LogP contribution is -2.21. The van der Waals surface area contributed by atoms with Crippen LogP contribution in [0.15, 0.2) is 0 Å². The summed E-state index contributed by atoms with van der Waals surface area (Å²) in [5.74, 6) is 6.17. The average molecular weight is 282 g/mol. The minimum atomic E-state index is -0.478. The van der Waals surface area contributed by atoms with Gasteiger partial charge in [-0.15, -0.1) is 0 Å². The Hall–Kier alpha value is -1.96. The number of anilines is 2. The van der Waals surface area contributed by atoms with E-state index in [-0.39, 0.29) is 29.2 Å². The first-order chi connectivity index (χ1) is 9.38. The molecule has 2 atom stereocenters. The van der Waals surface area contributed by atoms with E-state index in [4.69, 9.17) is 5.84 Å². The Kier molecular flexibility index (Phi) is 5.63. The number of hydrogen-bond donors (Lipinski definition) is 3. The van der Waals surface area contributed by atoms with Crippen molar-refractivity contribution >= 4 is 17.5 Å². The summed E-state index contributed by atoms with van der Waals surface area (Å²) in [5.41, 5.74) is 2.48. The molecule has 1 aromatic rings. The second-order valence-electron chi connectivity index (χ2n) is 5.03. The summed E-state index contributed by atoms with van der Waals surface area (Å²) in [6.45, 7) is 7.80. The van der Waals surface area contributed by atoms with Crippen molar-refractivity contribution in [3.05, 3.63) is 15.8 Å². The molecule has 0 aromatic carbocycles. The number of aromatic nitrogens is 2. The third-order valence-corrected chi connectivity index (χ3v) is 3.21. The second-order valence-corrected chi connectivity index (χ2v) is 5.03. The zero-order valence-corrected chi connectivity index (χ0v) is 12.3. The first-order valence-electron chi connectivity index (χ1n) is 6.65. The molecule has 0 spiro atoms. The van der Waals surface area contributed by atoms with Gasteiger partial charge in [-0.1, -0.05) is 20.3 Å². The van der Waals surface area contributed by atoms with Crippen LogP contribution in [-0.2, 0) is 0 Å². The Labute approximate surface area is 118 Å². The van der Waals surface area contributed by atoms with Gasteiger partial charge in [-0.3, -0.25) is 15.5 Å². The van der Waals surface area contributed by atoms with Crippen molar-refractivity contribution in [2.75, 3.05) is 10.7 Å². The van der Waals surface area contributed by atoms with Crippen molar-refractivity contribution in [1.29, 1.82) is 0 Å². The van der Waals surface area contributed by atoms with Gasteiger partial charge in [-0.05, 0) is 26.2 Å². The largest absolute Gasteiger partial charge is 0.362 e. The van der Waals surface area contributed by atoms with Crippen LogP contribution in [0.25, 0.3) is 0 Å². The molecular weight excluding hydrogens is 260 g/mol. The standard InChI is InChI=1S/C12H22N6O2/c1-5-7(2)6-8(3)14-11-10(18(19)20)9(4)15-12(16-11)17-13/h7-8H,5-6,13H2,1-4H3,(H2,14,15,16,17). The molecule has 1 aromatic heterocycles. The van der Waals surface area contributed by atoms with Crippen molar-refractivity contribution in [3.8, 4) is 0 Å². The van der Waals surface area contributed by atoms with E-state index in [0.29, 0.717) is 5.92 Å². The van der Waals surface area contributed by atoms with Gasteiger partial charge in [0, 0.05) is 6.04 Å². The molecule has 8 nitrogen and oxygen atoms in total. The molecular formula is C12H22N6O2. The molecule has 0 amide bonds. The topological polar surface area (TPSA) is 119 Å². The van der Waals surface area contributed by atoms with Gasteiger partial charge in [0.1, 0.15) is 5.69 Å². The van der Waals surface area contributed by atoms with Gasteiger partial charge >= 0.3 is 5.69 Å². The fourth-order valence-electron chi connectivity index (χ4n) is 2.01. The predicted molar refractivity (Wildman–Crippen MR) is 78.4 cm³/mol. The number of nitro groups is 1. The number of hydrogen-bond acceptors (Lipinski definition) is 7. The smallest absolute Gasteiger partial charge is 0.332 e. The van der Waals surface area contributed by atoms with E-state index >= 15 is 0 Å². The number of aryl methyl sites for hydroxylation is 1. The van der Waals surface area contributed by atoms with Crippen LogP contribution in [0, 0.1) is 23.0 Å². The van der Waals surface area contributed by atoms with Crippen molar-refractivity contribution in [1.82, 2.24) is 9.97 Å². The lowest BCUT2D eigenvalue weighted by Gasteiger charge is -2.18. The highest BCUT2D eigenvalue weighted by molar-refractivity contribution is 5.61. The van der Waals surface area contributed by atoms with Crippen LogP contribution in [0.2, 0.25) is 0 Å². The molecule has 112 valence electrons. The zero-order chi connectivity index (χ0) is 15.3. The van der Waals surface area contributed by atoms with E-state index in [1.54, 1.807) is 6.92 Å². The summed E-state index contributed by atoms with van der Waals surface area (Å²) in [5, 5.41) is 14.2. The second kappa shape index (κ2) is 6.99. The molecule has 0 saturated carbocycles. The number of nitrogen functional groups attached to an aromatic ring is 1.